The third kappa shape index (κ3) is 4.86. The number of piperidine rings is 1. The maximum absolute atomic E-state index is 13.6. The molecule has 0 aromatic heterocycles. The standard InChI is InChI=1S/C20H22F2N2O/c21-17-5-1-3-14(11-17)12-19(16-4-2-6-18(22)13-16)24-20(25)15-7-9-23-10-8-15/h1-6,11,13,15,19,23H,7-10,12H2,(H,24,25). The minimum Gasteiger partial charge on any atom is -0.349 e. The first-order valence-corrected chi connectivity index (χ1v) is 8.63. The fraction of sp³-hybridized carbons (Fsp3) is 0.350. The quantitative estimate of drug-likeness (QED) is 0.873. The summed E-state index contributed by atoms with van der Waals surface area (Å²) >= 11 is 0. The van der Waals surface area contributed by atoms with Crippen molar-refractivity contribution >= 4 is 5.91 Å². The van der Waals surface area contributed by atoms with E-state index in [1.54, 1.807) is 18.2 Å². The number of amides is 1. The zero-order valence-corrected chi connectivity index (χ0v) is 14.0. The number of carbonyl (C=O) groups is 1. The van der Waals surface area contributed by atoms with Gasteiger partial charge in [0.2, 0.25) is 5.91 Å². The predicted octanol–water partition coefficient (Wildman–Crippen LogP) is 3.36. The Hall–Kier alpha value is -2.27. The molecule has 3 nitrogen and oxygen atoms in total. The lowest BCUT2D eigenvalue weighted by molar-refractivity contribution is -0.126. The smallest absolute Gasteiger partial charge is 0.223 e. The Balaban J connectivity index is 1.79. The Morgan fingerprint density at radius 2 is 1.76 bits per heavy atom. The van der Waals surface area contributed by atoms with E-state index < -0.39 is 0 Å². The number of nitrogens with one attached hydrogen (secondary N) is 2. The maximum atomic E-state index is 13.6. The number of halogens is 2. The monoisotopic (exact) mass is 344 g/mol. The molecule has 1 unspecified atom stereocenters. The van der Waals surface area contributed by atoms with Gasteiger partial charge in [-0.15, -0.1) is 0 Å². The molecule has 1 fully saturated rings. The molecule has 1 aliphatic rings. The fourth-order valence-corrected chi connectivity index (χ4v) is 3.25. The Bertz CT molecular complexity index is 729. The molecule has 132 valence electrons. The molecule has 2 aromatic carbocycles. The maximum Gasteiger partial charge on any atom is 0.223 e. The Morgan fingerprint density at radius 3 is 2.44 bits per heavy atom. The normalized spacial score (nSPS) is 16.4. The van der Waals surface area contributed by atoms with Crippen LogP contribution in [0, 0.1) is 17.6 Å². The average Bonchev–Trinajstić information content (AvgIpc) is 2.62. The second kappa shape index (κ2) is 8.21. The van der Waals surface area contributed by atoms with Gasteiger partial charge in [0.1, 0.15) is 11.6 Å². The Morgan fingerprint density at radius 1 is 1.08 bits per heavy atom. The van der Waals surface area contributed by atoms with Crippen LogP contribution in [-0.4, -0.2) is 19.0 Å². The molecule has 0 radical (unpaired) electrons. The number of benzene rings is 2. The van der Waals surface area contributed by atoms with Crippen molar-refractivity contribution < 1.29 is 13.6 Å². The Kier molecular flexibility index (Phi) is 5.76. The summed E-state index contributed by atoms with van der Waals surface area (Å²) in [6.45, 7) is 1.65. The van der Waals surface area contributed by atoms with Crippen LogP contribution in [0.5, 0.6) is 0 Å². The molecule has 1 aliphatic heterocycles. The summed E-state index contributed by atoms with van der Waals surface area (Å²) < 4.78 is 27.1. The number of carbonyl (C=O) groups excluding carboxylic acids is 1. The molecule has 3 rings (SSSR count). The van der Waals surface area contributed by atoms with Gasteiger partial charge in [0.15, 0.2) is 0 Å². The van der Waals surface area contributed by atoms with Crippen LogP contribution in [0.3, 0.4) is 0 Å². The molecular formula is C20H22F2N2O. The highest BCUT2D eigenvalue weighted by Gasteiger charge is 2.24. The molecule has 0 bridgehead atoms. The number of hydrogen-bond acceptors (Lipinski definition) is 2. The van der Waals surface area contributed by atoms with E-state index in [-0.39, 0.29) is 29.5 Å². The summed E-state index contributed by atoms with van der Waals surface area (Å²) in [6.07, 6.45) is 2.00. The fourth-order valence-electron chi connectivity index (χ4n) is 3.25. The van der Waals surface area contributed by atoms with Crippen LogP contribution >= 0.6 is 0 Å². The lowest BCUT2D eigenvalue weighted by Crippen LogP contribution is -2.40. The molecule has 0 saturated carbocycles. The van der Waals surface area contributed by atoms with Crippen molar-refractivity contribution in [3.63, 3.8) is 0 Å². The van der Waals surface area contributed by atoms with Crippen LogP contribution in [0.1, 0.15) is 30.0 Å². The van der Waals surface area contributed by atoms with Crippen LogP contribution in [0.2, 0.25) is 0 Å². The molecule has 1 atom stereocenters. The summed E-state index contributed by atoms with van der Waals surface area (Å²) in [5, 5.41) is 6.28. The Labute approximate surface area is 146 Å². The van der Waals surface area contributed by atoms with Crippen LogP contribution in [0.25, 0.3) is 0 Å². The van der Waals surface area contributed by atoms with Gasteiger partial charge in [0.05, 0.1) is 6.04 Å². The SMILES string of the molecule is O=C(NC(Cc1cccc(F)c1)c1cccc(F)c1)C1CCNCC1. The van der Waals surface area contributed by atoms with Gasteiger partial charge in [0.25, 0.3) is 0 Å². The summed E-state index contributed by atoms with van der Waals surface area (Å²) in [7, 11) is 0. The molecule has 5 heteroatoms. The molecule has 1 amide bonds. The highest BCUT2D eigenvalue weighted by Crippen LogP contribution is 2.22. The van der Waals surface area contributed by atoms with Crippen molar-refractivity contribution in [2.45, 2.75) is 25.3 Å². The van der Waals surface area contributed by atoms with Gasteiger partial charge in [-0.05, 0) is 67.7 Å². The topological polar surface area (TPSA) is 41.1 Å². The second-order valence-electron chi connectivity index (χ2n) is 6.47. The minimum atomic E-state index is -0.389. The predicted molar refractivity (Wildman–Crippen MR) is 93.0 cm³/mol. The summed E-state index contributed by atoms with van der Waals surface area (Å²) in [6, 6.07) is 12.1. The van der Waals surface area contributed by atoms with E-state index in [4.69, 9.17) is 0 Å². The van der Waals surface area contributed by atoms with E-state index in [1.165, 1.54) is 24.3 Å². The third-order valence-corrected chi connectivity index (χ3v) is 4.61. The number of hydrogen-bond donors (Lipinski definition) is 2. The largest absolute Gasteiger partial charge is 0.349 e. The van der Waals surface area contributed by atoms with E-state index in [2.05, 4.69) is 10.6 Å². The van der Waals surface area contributed by atoms with Gasteiger partial charge < -0.3 is 10.6 Å². The van der Waals surface area contributed by atoms with Gasteiger partial charge in [-0.2, -0.15) is 0 Å². The van der Waals surface area contributed by atoms with Crippen molar-refractivity contribution in [3.05, 3.63) is 71.3 Å². The highest BCUT2D eigenvalue weighted by molar-refractivity contribution is 5.79. The van der Waals surface area contributed by atoms with Gasteiger partial charge in [-0.25, -0.2) is 8.78 Å². The van der Waals surface area contributed by atoms with Crippen LogP contribution < -0.4 is 10.6 Å². The van der Waals surface area contributed by atoms with Crippen molar-refractivity contribution in [3.8, 4) is 0 Å². The van der Waals surface area contributed by atoms with Gasteiger partial charge in [-0.3, -0.25) is 4.79 Å². The van der Waals surface area contributed by atoms with Gasteiger partial charge in [-0.1, -0.05) is 24.3 Å². The molecule has 25 heavy (non-hydrogen) atoms. The summed E-state index contributed by atoms with van der Waals surface area (Å²) in [5.74, 6) is -0.727. The molecule has 1 saturated heterocycles. The zero-order valence-electron chi connectivity index (χ0n) is 14.0. The van der Waals surface area contributed by atoms with Gasteiger partial charge in [0, 0.05) is 5.92 Å². The van der Waals surface area contributed by atoms with E-state index >= 15 is 0 Å². The van der Waals surface area contributed by atoms with E-state index in [0.29, 0.717) is 12.0 Å². The first kappa shape index (κ1) is 17.5. The highest BCUT2D eigenvalue weighted by atomic mass is 19.1. The van der Waals surface area contributed by atoms with E-state index in [1.807, 2.05) is 6.07 Å². The van der Waals surface area contributed by atoms with Gasteiger partial charge >= 0.3 is 0 Å². The van der Waals surface area contributed by atoms with Crippen molar-refractivity contribution in [2.75, 3.05) is 13.1 Å². The first-order valence-electron chi connectivity index (χ1n) is 8.63. The molecule has 0 aliphatic carbocycles. The molecule has 2 aromatic rings. The average molecular weight is 344 g/mol. The van der Waals surface area contributed by atoms with Crippen molar-refractivity contribution in [1.29, 1.82) is 0 Å². The van der Waals surface area contributed by atoms with E-state index in [0.717, 1.165) is 31.5 Å². The third-order valence-electron chi connectivity index (χ3n) is 4.61. The molecule has 2 N–H and O–H groups in total. The van der Waals surface area contributed by atoms with Crippen LogP contribution in [0.15, 0.2) is 48.5 Å². The zero-order chi connectivity index (χ0) is 17.6. The summed E-state index contributed by atoms with van der Waals surface area (Å²) in [4.78, 5) is 12.6. The molecule has 0 spiro atoms. The molecule has 1 heterocycles. The number of rotatable bonds is 5. The molecular weight excluding hydrogens is 322 g/mol. The van der Waals surface area contributed by atoms with Crippen LogP contribution in [-0.2, 0) is 11.2 Å². The first-order chi connectivity index (χ1) is 12.1. The second-order valence-corrected chi connectivity index (χ2v) is 6.47. The lowest BCUT2D eigenvalue weighted by Gasteiger charge is -2.26. The lowest BCUT2D eigenvalue weighted by atomic mass is 9.94. The van der Waals surface area contributed by atoms with Crippen LogP contribution in [0.4, 0.5) is 8.78 Å². The van der Waals surface area contributed by atoms with Crippen molar-refractivity contribution in [1.82, 2.24) is 10.6 Å². The van der Waals surface area contributed by atoms with Crippen molar-refractivity contribution in [2.24, 2.45) is 5.92 Å². The van der Waals surface area contributed by atoms with E-state index in [9.17, 15) is 13.6 Å². The summed E-state index contributed by atoms with van der Waals surface area (Å²) in [5.41, 5.74) is 1.45. The minimum absolute atomic E-state index is 0.0211.